The lowest BCUT2D eigenvalue weighted by molar-refractivity contribution is -0.109. The van der Waals surface area contributed by atoms with Gasteiger partial charge in [0.05, 0.1) is 6.10 Å². The summed E-state index contributed by atoms with van der Waals surface area (Å²) in [5.41, 5.74) is 0. The summed E-state index contributed by atoms with van der Waals surface area (Å²) >= 11 is 0. The van der Waals surface area contributed by atoms with E-state index in [0.717, 1.165) is 12.7 Å². The molecule has 0 bridgehead atoms. The second kappa shape index (κ2) is 8.91. The Morgan fingerprint density at radius 2 is 1.68 bits per heavy atom. The third kappa shape index (κ3) is 7.88. The fourth-order valence-electron chi connectivity index (χ4n) is 1.90. The molecule has 0 aromatic carbocycles. The average Bonchev–Trinajstić information content (AvgIpc) is 2.27. The standard InChI is InChI=1S/C16H34O2Si/c1-7-8-9-10-11-12-15(13-14-17)18-19(5,6)16(2,3)4/h14-15H,7-13H2,1-6H3/t15-/m1/s1. The number of aldehydes is 1. The Morgan fingerprint density at radius 1 is 1.11 bits per heavy atom. The van der Waals surface area contributed by atoms with Crippen LogP contribution in [0.4, 0.5) is 0 Å². The minimum Gasteiger partial charge on any atom is -0.414 e. The first-order chi connectivity index (χ1) is 8.74. The van der Waals surface area contributed by atoms with E-state index in [-0.39, 0.29) is 11.1 Å². The van der Waals surface area contributed by atoms with Gasteiger partial charge in [0.1, 0.15) is 6.29 Å². The number of carbonyl (C=O) groups excluding carboxylic acids is 1. The minimum absolute atomic E-state index is 0.139. The van der Waals surface area contributed by atoms with Gasteiger partial charge in [-0.1, -0.05) is 59.8 Å². The van der Waals surface area contributed by atoms with Gasteiger partial charge in [-0.25, -0.2) is 0 Å². The topological polar surface area (TPSA) is 26.3 Å². The van der Waals surface area contributed by atoms with Crippen LogP contribution in [0.15, 0.2) is 0 Å². The predicted octanol–water partition coefficient (Wildman–Crippen LogP) is 5.33. The van der Waals surface area contributed by atoms with Gasteiger partial charge < -0.3 is 9.22 Å². The first-order valence-corrected chi connectivity index (χ1v) is 10.8. The Bertz CT molecular complexity index is 244. The van der Waals surface area contributed by atoms with Crippen LogP contribution in [-0.2, 0) is 9.22 Å². The first-order valence-electron chi connectivity index (χ1n) is 7.86. The first kappa shape index (κ1) is 18.8. The molecule has 0 N–H and O–H groups in total. The van der Waals surface area contributed by atoms with Gasteiger partial charge in [-0.2, -0.15) is 0 Å². The van der Waals surface area contributed by atoms with Crippen molar-refractivity contribution in [3.05, 3.63) is 0 Å². The Labute approximate surface area is 121 Å². The fourth-order valence-corrected chi connectivity index (χ4v) is 3.30. The third-order valence-electron chi connectivity index (χ3n) is 4.26. The highest BCUT2D eigenvalue weighted by Crippen LogP contribution is 2.38. The van der Waals surface area contributed by atoms with Crippen molar-refractivity contribution < 1.29 is 9.22 Å². The monoisotopic (exact) mass is 286 g/mol. The fraction of sp³-hybridized carbons (Fsp3) is 0.938. The van der Waals surface area contributed by atoms with E-state index >= 15 is 0 Å². The summed E-state index contributed by atoms with van der Waals surface area (Å²) in [5, 5.41) is 0.219. The zero-order valence-corrected chi connectivity index (χ0v) is 14.9. The molecule has 0 radical (unpaired) electrons. The molecule has 3 heteroatoms. The van der Waals surface area contributed by atoms with Crippen molar-refractivity contribution in [2.24, 2.45) is 0 Å². The molecule has 0 amide bonds. The van der Waals surface area contributed by atoms with Crippen molar-refractivity contribution in [2.75, 3.05) is 0 Å². The van der Waals surface area contributed by atoms with Crippen molar-refractivity contribution in [1.29, 1.82) is 0 Å². The molecule has 0 aliphatic heterocycles. The number of carbonyl (C=O) groups is 1. The molecule has 0 saturated carbocycles. The molecular formula is C16H34O2Si. The van der Waals surface area contributed by atoms with Gasteiger partial charge >= 0.3 is 0 Å². The zero-order chi connectivity index (χ0) is 14.9. The molecule has 0 aromatic heterocycles. The summed E-state index contributed by atoms with van der Waals surface area (Å²) in [7, 11) is -1.74. The Kier molecular flexibility index (Phi) is 8.84. The van der Waals surface area contributed by atoms with E-state index in [1.807, 2.05) is 0 Å². The van der Waals surface area contributed by atoms with Crippen molar-refractivity contribution in [3.63, 3.8) is 0 Å². The maximum atomic E-state index is 10.8. The zero-order valence-electron chi connectivity index (χ0n) is 13.9. The lowest BCUT2D eigenvalue weighted by Crippen LogP contribution is -2.44. The predicted molar refractivity (Wildman–Crippen MR) is 86.1 cm³/mol. The molecule has 19 heavy (non-hydrogen) atoms. The summed E-state index contributed by atoms with van der Waals surface area (Å²) < 4.78 is 6.36. The van der Waals surface area contributed by atoms with E-state index < -0.39 is 8.32 Å². The maximum absolute atomic E-state index is 10.8. The summed E-state index contributed by atoms with van der Waals surface area (Å²) in [6.45, 7) is 13.5. The molecule has 0 heterocycles. The normalized spacial score (nSPS) is 14.4. The lowest BCUT2D eigenvalue weighted by Gasteiger charge is -2.39. The van der Waals surface area contributed by atoms with Crippen molar-refractivity contribution >= 4 is 14.6 Å². The van der Waals surface area contributed by atoms with Gasteiger partial charge in [0.15, 0.2) is 8.32 Å². The van der Waals surface area contributed by atoms with Gasteiger partial charge in [0, 0.05) is 6.42 Å². The van der Waals surface area contributed by atoms with E-state index in [0.29, 0.717) is 6.42 Å². The van der Waals surface area contributed by atoms with Gasteiger partial charge in [0.2, 0.25) is 0 Å². The van der Waals surface area contributed by atoms with Crippen molar-refractivity contribution in [1.82, 2.24) is 0 Å². The lowest BCUT2D eigenvalue weighted by atomic mass is 10.1. The Morgan fingerprint density at radius 3 is 2.16 bits per heavy atom. The molecule has 114 valence electrons. The highest BCUT2D eigenvalue weighted by Gasteiger charge is 2.38. The summed E-state index contributed by atoms with van der Waals surface area (Å²) in [4.78, 5) is 10.8. The summed E-state index contributed by atoms with van der Waals surface area (Å²) in [6, 6.07) is 0. The molecule has 1 atom stereocenters. The number of rotatable bonds is 10. The van der Waals surface area contributed by atoms with E-state index in [9.17, 15) is 4.79 Å². The molecule has 0 rings (SSSR count). The van der Waals surface area contributed by atoms with Crippen LogP contribution in [0.5, 0.6) is 0 Å². The van der Waals surface area contributed by atoms with E-state index in [1.54, 1.807) is 0 Å². The van der Waals surface area contributed by atoms with E-state index in [1.165, 1.54) is 32.1 Å². The van der Waals surface area contributed by atoms with Crippen LogP contribution in [0.2, 0.25) is 18.1 Å². The van der Waals surface area contributed by atoms with E-state index in [4.69, 9.17) is 4.43 Å². The van der Waals surface area contributed by atoms with Crippen LogP contribution in [0.25, 0.3) is 0 Å². The van der Waals surface area contributed by atoms with Crippen molar-refractivity contribution in [3.8, 4) is 0 Å². The smallest absolute Gasteiger partial charge is 0.192 e. The molecule has 0 aliphatic rings. The highest BCUT2D eigenvalue weighted by atomic mass is 28.4. The van der Waals surface area contributed by atoms with E-state index in [2.05, 4.69) is 40.8 Å². The van der Waals surface area contributed by atoms with Crippen LogP contribution >= 0.6 is 0 Å². The quantitative estimate of drug-likeness (QED) is 0.308. The molecule has 0 aromatic rings. The van der Waals surface area contributed by atoms with Crippen LogP contribution < -0.4 is 0 Å². The largest absolute Gasteiger partial charge is 0.414 e. The van der Waals surface area contributed by atoms with Gasteiger partial charge in [-0.3, -0.25) is 0 Å². The minimum atomic E-state index is -1.74. The van der Waals surface area contributed by atoms with Crippen LogP contribution in [0, 0.1) is 0 Å². The molecular weight excluding hydrogens is 252 g/mol. The molecule has 0 saturated heterocycles. The summed E-state index contributed by atoms with van der Waals surface area (Å²) in [5.74, 6) is 0. The number of hydrogen-bond donors (Lipinski definition) is 0. The molecule has 0 unspecified atom stereocenters. The van der Waals surface area contributed by atoms with Crippen LogP contribution in [0.3, 0.4) is 0 Å². The Hall–Kier alpha value is -0.153. The van der Waals surface area contributed by atoms with Crippen molar-refractivity contribution in [2.45, 2.75) is 96.9 Å². The van der Waals surface area contributed by atoms with Gasteiger partial charge in [-0.05, 0) is 24.6 Å². The molecule has 0 aliphatic carbocycles. The molecule has 2 nitrogen and oxygen atoms in total. The van der Waals surface area contributed by atoms with Gasteiger partial charge in [-0.15, -0.1) is 0 Å². The second-order valence-corrected chi connectivity index (χ2v) is 11.9. The van der Waals surface area contributed by atoms with Gasteiger partial charge in [0.25, 0.3) is 0 Å². The molecule has 0 fully saturated rings. The second-order valence-electron chi connectivity index (χ2n) is 7.11. The molecule has 0 spiro atoms. The Balaban J connectivity index is 4.22. The van der Waals surface area contributed by atoms with Crippen LogP contribution in [-0.4, -0.2) is 20.7 Å². The average molecular weight is 287 g/mol. The highest BCUT2D eigenvalue weighted by molar-refractivity contribution is 6.74. The number of unbranched alkanes of at least 4 members (excludes halogenated alkanes) is 4. The maximum Gasteiger partial charge on any atom is 0.192 e. The SMILES string of the molecule is CCCCCCC[C@H](CC=O)O[Si](C)(C)C(C)(C)C. The van der Waals surface area contributed by atoms with Crippen LogP contribution in [0.1, 0.15) is 72.6 Å². The third-order valence-corrected chi connectivity index (χ3v) is 8.79. The summed E-state index contributed by atoms with van der Waals surface area (Å²) in [6.07, 6.45) is 9.11. The number of hydrogen-bond acceptors (Lipinski definition) is 2.